The smallest absolute Gasteiger partial charge is 0.338 e. The summed E-state index contributed by atoms with van der Waals surface area (Å²) in [6.45, 7) is 0.0878. The highest BCUT2D eigenvalue weighted by Gasteiger charge is 2.19. The first-order valence-corrected chi connectivity index (χ1v) is 6.02. The van der Waals surface area contributed by atoms with Crippen LogP contribution in [0, 0.1) is 0 Å². The molecule has 3 aromatic rings. The Hall–Kier alpha value is -2.11. The van der Waals surface area contributed by atoms with Gasteiger partial charge in [-0.15, -0.1) is 0 Å². The number of fused-ring (bicyclic) bond motifs is 3. The molecule has 3 rings (SSSR count). The molecule has 0 atom stereocenters. The van der Waals surface area contributed by atoms with E-state index in [0.29, 0.717) is 21.7 Å². The number of carboxylic acids is 1. The zero-order valence-electron chi connectivity index (χ0n) is 9.77. The van der Waals surface area contributed by atoms with Gasteiger partial charge < -0.3 is 15.8 Å². The van der Waals surface area contributed by atoms with Crippen LogP contribution < -0.4 is 5.73 Å². The summed E-state index contributed by atoms with van der Waals surface area (Å²) >= 11 is 5.94. The van der Waals surface area contributed by atoms with Crippen molar-refractivity contribution in [1.82, 2.24) is 9.97 Å². The monoisotopic (exact) mass is 275 g/mol. The third kappa shape index (κ3) is 1.75. The van der Waals surface area contributed by atoms with Crippen LogP contribution in [0.5, 0.6) is 0 Å². The van der Waals surface area contributed by atoms with Crippen molar-refractivity contribution in [3.8, 4) is 0 Å². The van der Waals surface area contributed by atoms with Crippen LogP contribution in [-0.4, -0.2) is 21.0 Å². The largest absolute Gasteiger partial charge is 0.478 e. The van der Waals surface area contributed by atoms with Crippen LogP contribution in [0.1, 0.15) is 16.1 Å². The summed E-state index contributed by atoms with van der Waals surface area (Å²) in [6, 6.07) is 5.31. The Labute approximate surface area is 113 Å². The number of rotatable bonds is 2. The predicted octanol–water partition coefficient (Wildman–Crippen LogP) is 2.53. The Morgan fingerprint density at radius 1 is 1.42 bits per heavy atom. The number of benzene rings is 1. The molecule has 2 aromatic heterocycles. The lowest BCUT2D eigenvalue weighted by Crippen LogP contribution is -2.05. The number of hydrogen-bond acceptors (Lipinski definition) is 3. The number of hydrogen-bond donors (Lipinski definition) is 3. The van der Waals surface area contributed by atoms with Gasteiger partial charge in [0.05, 0.1) is 16.8 Å². The molecule has 1 aromatic carbocycles. The van der Waals surface area contributed by atoms with Crippen LogP contribution in [0.2, 0.25) is 5.15 Å². The van der Waals surface area contributed by atoms with Crippen LogP contribution in [0.15, 0.2) is 24.4 Å². The molecule has 0 fully saturated rings. The van der Waals surface area contributed by atoms with Gasteiger partial charge in [-0.05, 0) is 6.07 Å². The van der Waals surface area contributed by atoms with E-state index in [1.165, 1.54) is 0 Å². The number of nitrogens with one attached hydrogen (secondary N) is 1. The Morgan fingerprint density at radius 2 is 2.21 bits per heavy atom. The summed E-state index contributed by atoms with van der Waals surface area (Å²) in [6.07, 6.45) is 1.76. The number of pyridine rings is 1. The fourth-order valence-corrected chi connectivity index (χ4v) is 2.43. The van der Waals surface area contributed by atoms with Crippen LogP contribution >= 0.6 is 11.6 Å². The molecule has 0 amide bonds. The number of H-pyrrole nitrogens is 1. The lowest BCUT2D eigenvalue weighted by atomic mass is 10.1. The Balaban J connectivity index is 2.49. The molecule has 0 aliphatic rings. The van der Waals surface area contributed by atoms with Gasteiger partial charge in [0.25, 0.3) is 0 Å². The average Bonchev–Trinajstić information content (AvgIpc) is 2.77. The van der Waals surface area contributed by atoms with Crippen LogP contribution in [-0.2, 0) is 6.54 Å². The molecule has 0 bridgehead atoms. The molecule has 0 saturated carbocycles. The molecule has 2 heterocycles. The van der Waals surface area contributed by atoms with Crippen molar-refractivity contribution in [3.05, 3.63) is 40.8 Å². The maximum Gasteiger partial charge on any atom is 0.338 e. The van der Waals surface area contributed by atoms with Gasteiger partial charge >= 0.3 is 5.97 Å². The lowest BCUT2D eigenvalue weighted by Gasteiger charge is -2.00. The molecule has 19 heavy (non-hydrogen) atoms. The number of nitrogens with two attached hydrogens (primary N) is 1. The van der Waals surface area contributed by atoms with Crippen LogP contribution in [0.3, 0.4) is 0 Å². The minimum Gasteiger partial charge on any atom is -0.478 e. The standard InChI is InChI=1S/C13H10ClN3O2/c14-10-3-8-6(5-16-10)1-2-7-11(13(18)19)9(4-15)17-12(7)8/h1-3,5,16H,4,15H2,(H,18,19). The molecule has 0 unspecified atom stereocenters. The molecule has 5 nitrogen and oxygen atoms in total. The van der Waals surface area contributed by atoms with Crippen LogP contribution in [0.4, 0.5) is 0 Å². The highest BCUT2D eigenvalue weighted by Crippen LogP contribution is 2.30. The average molecular weight is 276 g/mol. The number of carboxylic acid groups (broad SMARTS) is 1. The number of carbonyl (C=O) groups is 1. The number of aromatic amines is 1. The second kappa shape index (κ2) is 4.22. The second-order valence-corrected chi connectivity index (χ2v) is 4.60. The van der Waals surface area contributed by atoms with Crippen molar-refractivity contribution in [2.45, 2.75) is 6.54 Å². The van der Waals surface area contributed by atoms with Crippen molar-refractivity contribution in [2.75, 3.05) is 0 Å². The van der Waals surface area contributed by atoms with Gasteiger partial charge in [0.1, 0.15) is 5.15 Å². The number of aromatic carboxylic acids is 1. The summed E-state index contributed by atoms with van der Waals surface area (Å²) in [7, 11) is 0. The van der Waals surface area contributed by atoms with Gasteiger partial charge in [-0.2, -0.15) is 0 Å². The van der Waals surface area contributed by atoms with Gasteiger partial charge in [0.2, 0.25) is 0 Å². The first kappa shape index (κ1) is 12.0. The third-order valence-electron chi connectivity index (χ3n) is 3.10. The molecule has 0 aliphatic carbocycles. The minimum atomic E-state index is -1.02. The topological polar surface area (TPSA) is 92.0 Å². The molecular weight excluding hydrogens is 266 g/mol. The van der Waals surface area contributed by atoms with E-state index in [0.717, 1.165) is 10.8 Å². The highest BCUT2D eigenvalue weighted by molar-refractivity contribution is 6.30. The maximum absolute atomic E-state index is 11.3. The first-order chi connectivity index (χ1) is 9.11. The van der Waals surface area contributed by atoms with E-state index in [4.69, 9.17) is 17.3 Å². The zero-order chi connectivity index (χ0) is 13.6. The van der Waals surface area contributed by atoms with E-state index in [1.807, 2.05) is 6.07 Å². The molecule has 0 spiro atoms. The van der Waals surface area contributed by atoms with E-state index in [-0.39, 0.29) is 12.1 Å². The van der Waals surface area contributed by atoms with E-state index in [9.17, 15) is 9.90 Å². The van der Waals surface area contributed by atoms with E-state index in [2.05, 4.69) is 9.97 Å². The Kier molecular flexibility index (Phi) is 2.66. The fraction of sp³-hybridized carbons (Fsp3) is 0.0769. The van der Waals surface area contributed by atoms with Crippen molar-refractivity contribution in [1.29, 1.82) is 0 Å². The van der Waals surface area contributed by atoms with Gasteiger partial charge in [0.15, 0.2) is 0 Å². The molecule has 0 radical (unpaired) electrons. The third-order valence-corrected chi connectivity index (χ3v) is 3.32. The van der Waals surface area contributed by atoms with E-state index < -0.39 is 5.97 Å². The molecule has 4 N–H and O–H groups in total. The quantitative estimate of drug-likeness (QED) is 0.627. The SMILES string of the molecule is NCc1nc2c(ccc3c[nH]c(Cl)cc32)c1C(=O)O. The number of aromatic nitrogens is 2. The van der Waals surface area contributed by atoms with Crippen molar-refractivity contribution in [2.24, 2.45) is 5.73 Å². The number of halogens is 1. The summed E-state index contributed by atoms with van der Waals surface area (Å²) in [5.74, 6) is -1.02. The Bertz CT molecular complexity index is 810. The highest BCUT2D eigenvalue weighted by atomic mass is 35.5. The van der Waals surface area contributed by atoms with Crippen molar-refractivity contribution in [3.63, 3.8) is 0 Å². The molecule has 0 aliphatic heterocycles. The van der Waals surface area contributed by atoms with Crippen molar-refractivity contribution < 1.29 is 9.90 Å². The second-order valence-electron chi connectivity index (χ2n) is 4.19. The normalized spacial score (nSPS) is 11.3. The molecule has 6 heteroatoms. The molecular formula is C13H10ClN3O2. The van der Waals surface area contributed by atoms with Gasteiger partial charge in [-0.1, -0.05) is 23.7 Å². The van der Waals surface area contributed by atoms with Gasteiger partial charge in [-0.3, -0.25) is 0 Å². The zero-order valence-corrected chi connectivity index (χ0v) is 10.5. The lowest BCUT2D eigenvalue weighted by molar-refractivity contribution is 0.0698. The summed E-state index contributed by atoms with van der Waals surface area (Å²) < 4.78 is 0. The minimum absolute atomic E-state index is 0.0878. The van der Waals surface area contributed by atoms with E-state index >= 15 is 0 Å². The first-order valence-electron chi connectivity index (χ1n) is 5.64. The summed E-state index contributed by atoms with van der Waals surface area (Å²) in [5.41, 5.74) is 6.74. The maximum atomic E-state index is 11.3. The summed E-state index contributed by atoms with van der Waals surface area (Å²) in [5, 5.41) is 12.1. The van der Waals surface area contributed by atoms with Gasteiger partial charge in [0, 0.05) is 28.9 Å². The van der Waals surface area contributed by atoms with Crippen molar-refractivity contribution >= 4 is 39.2 Å². The summed E-state index contributed by atoms with van der Waals surface area (Å²) in [4.78, 5) is 18.6. The number of nitrogens with zero attached hydrogens (tertiary/aromatic N) is 1. The van der Waals surface area contributed by atoms with Crippen LogP contribution in [0.25, 0.3) is 21.7 Å². The molecule has 96 valence electrons. The Morgan fingerprint density at radius 3 is 2.89 bits per heavy atom. The van der Waals surface area contributed by atoms with Gasteiger partial charge in [-0.25, -0.2) is 9.78 Å². The molecule has 0 saturated heterocycles. The fourth-order valence-electron chi connectivity index (χ4n) is 2.27. The predicted molar refractivity (Wildman–Crippen MR) is 73.5 cm³/mol. The van der Waals surface area contributed by atoms with E-state index in [1.54, 1.807) is 18.3 Å².